The first-order chi connectivity index (χ1) is 8.19. The smallest absolute Gasteiger partial charge is 0.160 e. The van der Waals surface area contributed by atoms with Gasteiger partial charge in [-0.3, -0.25) is 4.98 Å². The summed E-state index contributed by atoms with van der Waals surface area (Å²) in [5, 5.41) is 2.60. The number of nitrogens with zero attached hydrogens (tertiary/aromatic N) is 2. The molecule has 2 aromatic rings. The largest absolute Gasteiger partial charge is 0.336 e. The summed E-state index contributed by atoms with van der Waals surface area (Å²) in [6.07, 6.45) is 2.76. The molecule has 0 unspecified atom stereocenters. The Morgan fingerprint density at radius 3 is 2.65 bits per heavy atom. The van der Waals surface area contributed by atoms with Gasteiger partial charge in [-0.15, -0.1) is 0 Å². The van der Waals surface area contributed by atoms with Crippen LogP contribution in [0.2, 0.25) is 0 Å². The summed E-state index contributed by atoms with van der Waals surface area (Å²) in [5.74, 6) is 4.59. The predicted octanol–water partition coefficient (Wildman–Crippen LogP) is 1.78. The lowest BCUT2D eigenvalue weighted by atomic mass is 10.3. The van der Waals surface area contributed by atoms with Crippen molar-refractivity contribution in [3.8, 4) is 0 Å². The Morgan fingerprint density at radius 1 is 1.12 bits per heavy atom. The molecule has 0 fully saturated rings. The fourth-order valence-electron chi connectivity index (χ4n) is 1.23. The van der Waals surface area contributed by atoms with E-state index in [4.69, 9.17) is 5.84 Å². The molecule has 1 heterocycles. The van der Waals surface area contributed by atoms with Crippen LogP contribution in [0.5, 0.6) is 0 Å². The van der Waals surface area contributed by atoms with E-state index in [1.807, 2.05) is 0 Å². The van der Waals surface area contributed by atoms with E-state index in [1.165, 1.54) is 12.4 Å². The van der Waals surface area contributed by atoms with Crippen LogP contribution in [0.4, 0.5) is 26.1 Å². The summed E-state index contributed by atoms with van der Waals surface area (Å²) in [6.45, 7) is 0. The van der Waals surface area contributed by atoms with Gasteiger partial charge in [0.25, 0.3) is 0 Å². The lowest BCUT2D eigenvalue weighted by molar-refractivity contribution is 0.603. The Bertz CT molecular complexity index is 532. The van der Waals surface area contributed by atoms with Gasteiger partial charge in [0.05, 0.1) is 18.1 Å². The fraction of sp³-hybridized carbons (Fsp3) is 0. The van der Waals surface area contributed by atoms with E-state index in [0.717, 1.165) is 18.2 Å². The molecule has 88 valence electrons. The molecule has 4 N–H and O–H groups in total. The molecule has 0 aliphatic carbocycles. The monoisotopic (exact) mass is 237 g/mol. The minimum Gasteiger partial charge on any atom is -0.336 e. The van der Waals surface area contributed by atoms with Crippen LogP contribution in [0, 0.1) is 11.6 Å². The number of hydrazine groups is 1. The van der Waals surface area contributed by atoms with Crippen LogP contribution in [0.25, 0.3) is 0 Å². The van der Waals surface area contributed by atoms with E-state index in [1.54, 1.807) is 0 Å². The Kier molecular flexibility index (Phi) is 3.10. The quantitative estimate of drug-likeness (QED) is 0.560. The molecule has 0 saturated carbocycles. The summed E-state index contributed by atoms with van der Waals surface area (Å²) < 4.78 is 26.2. The summed E-state index contributed by atoms with van der Waals surface area (Å²) >= 11 is 0. The number of anilines is 3. The zero-order chi connectivity index (χ0) is 12.3. The van der Waals surface area contributed by atoms with Crippen molar-refractivity contribution in [2.45, 2.75) is 0 Å². The summed E-state index contributed by atoms with van der Waals surface area (Å²) in [5.41, 5.74) is 2.28. The topological polar surface area (TPSA) is 75.9 Å². The molecular weight excluding hydrogens is 228 g/mol. The van der Waals surface area contributed by atoms with Gasteiger partial charge in [-0.2, -0.15) is 0 Å². The zero-order valence-corrected chi connectivity index (χ0v) is 8.61. The van der Waals surface area contributed by atoms with Gasteiger partial charge >= 0.3 is 0 Å². The van der Waals surface area contributed by atoms with Crippen molar-refractivity contribution in [1.29, 1.82) is 0 Å². The van der Waals surface area contributed by atoms with Crippen molar-refractivity contribution in [2.75, 3.05) is 10.7 Å². The van der Waals surface area contributed by atoms with E-state index < -0.39 is 11.6 Å². The van der Waals surface area contributed by atoms with Crippen LogP contribution >= 0.6 is 0 Å². The molecule has 0 amide bonds. The van der Waals surface area contributed by atoms with Crippen LogP contribution in [-0.2, 0) is 0 Å². The van der Waals surface area contributed by atoms with Gasteiger partial charge in [-0.25, -0.2) is 19.6 Å². The second kappa shape index (κ2) is 4.71. The molecule has 1 aromatic carbocycles. The highest BCUT2D eigenvalue weighted by Gasteiger charge is 2.05. The van der Waals surface area contributed by atoms with E-state index >= 15 is 0 Å². The second-order valence-corrected chi connectivity index (χ2v) is 3.18. The van der Waals surface area contributed by atoms with Gasteiger partial charge in [0.2, 0.25) is 0 Å². The van der Waals surface area contributed by atoms with Crippen LogP contribution in [0.1, 0.15) is 0 Å². The van der Waals surface area contributed by atoms with E-state index in [0.29, 0.717) is 5.82 Å². The number of nitrogens with two attached hydrogens (primary N) is 1. The maximum atomic E-state index is 13.3. The first-order valence-corrected chi connectivity index (χ1v) is 4.70. The van der Waals surface area contributed by atoms with Crippen LogP contribution in [0.3, 0.4) is 0 Å². The molecule has 0 aliphatic rings. The molecule has 17 heavy (non-hydrogen) atoms. The average molecular weight is 237 g/mol. The van der Waals surface area contributed by atoms with Gasteiger partial charge in [-0.05, 0) is 12.1 Å². The third-order valence-corrected chi connectivity index (χ3v) is 1.97. The first-order valence-electron chi connectivity index (χ1n) is 4.70. The number of hydrogen-bond acceptors (Lipinski definition) is 5. The van der Waals surface area contributed by atoms with Gasteiger partial charge in [0, 0.05) is 6.07 Å². The molecule has 5 nitrogen and oxygen atoms in total. The minimum atomic E-state index is -0.584. The lowest BCUT2D eigenvalue weighted by Crippen LogP contribution is -2.09. The van der Waals surface area contributed by atoms with Gasteiger partial charge in [0.15, 0.2) is 11.6 Å². The molecule has 7 heteroatoms. The first kappa shape index (κ1) is 11.2. The Morgan fingerprint density at radius 2 is 1.88 bits per heavy atom. The van der Waals surface area contributed by atoms with E-state index in [2.05, 4.69) is 20.7 Å². The Hall–Kier alpha value is -2.28. The van der Waals surface area contributed by atoms with Crippen LogP contribution in [0.15, 0.2) is 30.6 Å². The highest BCUT2D eigenvalue weighted by atomic mass is 19.1. The highest BCUT2D eigenvalue weighted by Crippen LogP contribution is 2.19. The summed E-state index contributed by atoms with van der Waals surface area (Å²) in [6, 6.07) is 3.08. The molecule has 2 rings (SSSR count). The summed E-state index contributed by atoms with van der Waals surface area (Å²) in [7, 11) is 0. The third kappa shape index (κ3) is 2.64. The predicted molar refractivity (Wildman–Crippen MR) is 59.5 cm³/mol. The standard InChI is InChI=1S/C10H9F2N5/c11-6-1-2-7(12)8(3-6)15-9-4-14-5-10(16-9)17-13/h1-5H,13H2,(H2,15,16,17). The molecule has 0 aliphatic heterocycles. The SMILES string of the molecule is NNc1cncc(Nc2cc(F)ccc2F)n1. The number of rotatable bonds is 3. The van der Waals surface area contributed by atoms with Crippen molar-refractivity contribution >= 4 is 17.3 Å². The average Bonchev–Trinajstić information content (AvgIpc) is 2.34. The Labute approximate surface area is 95.7 Å². The number of aromatic nitrogens is 2. The molecular formula is C10H9F2N5. The number of benzene rings is 1. The van der Waals surface area contributed by atoms with Gasteiger partial charge in [-0.1, -0.05) is 0 Å². The number of nitrogen functional groups attached to an aromatic ring is 1. The third-order valence-electron chi connectivity index (χ3n) is 1.97. The van der Waals surface area contributed by atoms with E-state index in [-0.39, 0.29) is 11.5 Å². The molecule has 0 radical (unpaired) electrons. The molecule has 0 spiro atoms. The fourth-order valence-corrected chi connectivity index (χ4v) is 1.23. The van der Waals surface area contributed by atoms with Gasteiger partial charge in [0.1, 0.15) is 11.6 Å². The van der Waals surface area contributed by atoms with E-state index in [9.17, 15) is 8.78 Å². The minimum absolute atomic E-state index is 0.0199. The van der Waals surface area contributed by atoms with Crippen molar-refractivity contribution in [3.63, 3.8) is 0 Å². The number of hydrogen-bond donors (Lipinski definition) is 3. The van der Waals surface area contributed by atoms with Crippen molar-refractivity contribution in [2.24, 2.45) is 5.84 Å². The molecule has 0 atom stereocenters. The lowest BCUT2D eigenvalue weighted by Gasteiger charge is -2.07. The number of halogens is 2. The maximum Gasteiger partial charge on any atom is 0.160 e. The normalized spacial score (nSPS) is 10.1. The maximum absolute atomic E-state index is 13.3. The molecule has 1 aromatic heterocycles. The van der Waals surface area contributed by atoms with Crippen molar-refractivity contribution < 1.29 is 8.78 Å². The number of nitrogens with one attached hydrogen (secondary N) is 2. The van der Waals surface area contributed by atoms with Crippen molar-refractivity contribution in [1.82, 2.24) is 9.97 Å². The molecule has 0 bridgehead atoms. The Balaban J connectivity index is 2.27. The highest BCUT2D eigenvalue weighted by molar-refractivity contribution is 5.57. The zero-order valence-electron chi connectivity index (χ0n) is 8.61. The molecule has 0 saturated heterocycles. The van der Waals surface area contributed by atoms with Crippen molar-refractivity contribution in [3.05, 3.63) is 42.2 Å². The summed E-state index contributed by atoms with van der Waals surface area (Å²) in [4.78, 5) is 7.78. The van der Waals surface area contributed by atoms with Gasteiger partial charge < -0.3 is 10.7 Å². The van der Waals surface area contributed by atoms with Crippen LogP contribution in [-0.4, -0.2) is 9.97 Å². The van der Waals surface area contributed by atoms with Crippen LogP contribution < -0.4 is 16.6 Å². The second-order valence-electron chi connectivity index (χ2n) is 3.18.